The number of piperidine rings is 1. The first-order valence-corrected chi connectivity index (χ1v) is 12.0. The molecule has 0 radical (unpaired) electrons. The van der Waals surface area contributed by atoms with E-state index in [4.69, 9.17) is 0 Å². The van der Waals surface area contributed by atoms with E-state index in [0.29, 0.717) is 22.9 Å². The number of nitrogens with one attached hydrogen (secondary N) is 1. The van der Waals surface area contributed by atoms with Crippen molar-refractivity contribution in [1.29, 1.82) is 0 Å². The molecule has 3 aromatic rings. The summed E-state index contributed by atoms with van der Waals surface area (Å²) in [5.41, 5.74) is -3.14. The van der Waals surface area contributed by atoms with Gasteiger partial charge in [-0.15, -0.1) is 0 Å². The molecule has 1 aliphatic carbocycles. The number of amides is 1. The number of aliphatic hydroxyl groups is 2. The number of alkyl halides is 3. The van der Waals surface area contributed by atoms with E-state index in [9.17, 15) is 46.1 Å². The van der Waals surface area contributed by atoms with Crippen molar-refractivity contribution in [2.75, 3.05) is 18.0 Å². The van der Waals surface area contributed by atoms with Gasteiger partial charge in [0.2, 0.25) is 5.43 Å². The van der Waals surface area contributed by atoms with Crippen LogP contribution in [0.5, 0.6) is 0 Å². The van der Waals surface area contributed by atoms with Crippen LogP contribution in [0.15, 0.2) is 35.3 Å². The molecule has 2 unspecified atom stereocenters. The molecular weight excluding hydrogens is 534 g/mol. The second-order valence-corrected chi connectivity index (χ2v) is 9.70. The SMILES string of the molecule is O=C(N[C@@H](C1CC1)C(F)(F)F)c1cn(-c2c(F)cc(F)cc2F)c2nc(N3CCC(O)C(O)C3)ccc2c1=O. The van der Waals surface area contributed by atoms with E-state index in [0.717, 1.165) is 0 Å². The zero-order chi connectivity index (χ0) is 28.2. The lowest BCUT2D eigenvalue weighted by Crippen LogP contribution is -2.48. The van der Waals surface area contributed by atoms with Crippen molar-refractivity contribution >= 4 is 22.8 Å². The Morgan fingerprint density at radius 3 is 2.31 bits per heavy atom. The molecule has 5 rings (SSSR count). The molecule has 1 aliphatic heterocycles. The molecule has 1 saturated heterocycles. The number of carbonyl (C=O) groups is 1. The third-order valence-electron chi connectivity index (χ3n) is 6.91. The van der Waals surface area contributed by atoms with Crippen LogP contribution in [0.4, 0.5) is 32.2 Å². The van der Waals surface area contributed by atoms with E-state index in [1.54, 1.807) is 4.90 Å². The molecule has 0 spiro atoms. The van der Waals surface area contributed by atoms with Crippen LogP contribution in [0.25, 0.3) is 16.7 Å². The highest BCUT2D eigenvalue weighted by Crippen LogP contribution is 2.40. The van der Waals surface area contributed by atoms with Gasteiger partial charge in [0.1, 0.15) is 28.9 Å². The summed E-state index contributed by atoms with van der Waals surface area (Å²) in [6.07, 6.45) is -5.57. The summed E-state index contributed by atoms with van der Waals surface area (Å²) in [4.78, 5) is 32.0. The standard InChI is InChI=1S/C25H22F6N4O4/c26-12-7-15(27)20(16(28)8-12)35-9-14(24(39)33-22(11-1-2-11)25(29,30)31)21(38)13-3-4-19(32-23(13)35)34-6-5-17(36)18(37)10-34/h3-4,7-9,11,17-18,22,36-37H,1-2,5-6,10H2,(H,33,39)/t17?,18?,22-/m0/s1. The smallest absolute Gasteiger partial charge is 0.390 e. The number of carbonyl (C=O) groups excluding carboxylic acids is 1. The molecule has 14 heteroatoms. The third-order valence-corrected chi connectivity index (χ3v) is 6.91. The van der Waals surface area contributed by atoms with Gasteiger partial charge in [0.05, 0.1) is 17.6 Å². The van der Waals surface area contributed by atoms with Gasteiger partial charge in [-0.2, -0.15) is 13.2 Å². The number of pyridine rings is 2. The Morgan fingerprint density at radius 2 is 1.72 bits per heavy atom. The number of β-amino-alcohol motifs (C(OH)–C–C–N with tert-alkyl or cyclic N) is 1. The van der Waals surface area contributed by atoms with E-state index >= 15 is 0 Å². The predicted octanol–water partition coefficient (Wildman–Crippen LogP) is 2.81. The van der Waals surface area contributed by atoms with Crippen LogP contribution in [-0.4, -0.2) is 63.2 Å². The lowest BCUT2D eigenvalue weighted by atomic mass is 10.1. The summed E-state index contributed by atoms with van der Waals surface area (Å²) in [5.74, 6) is -6.19. The minimum Gasteiger partial charge on any atom is -0.390 e. The molecule has 2 aliphatic rings. The van der Waals surface area contributed by atoms with Crippen molar-refractivity contribution in [3.05, 3.63) is 63.7 Å². The minimum absolute atomic E-state index is 0.0519. The second-order valence-electron chi connectivity index (χ2n) is 9.70. The molecule has 3 atom stereocenters. The summed E-state index contributed by atoms with van der Waals surface area (Å²) < 4.78 is 84.6. The molecule has 208 valence electrons. The maximum atomic E-state index is 14.9. The minimum atomic E-state index is -4.79. The Morgan fingerprint density at radius 1 is 1.05 bits per heavy atom. The molecule has 3 heterocycles. The van der Waals surface area contributed by atoms with Gasteiger partial charge in [0.15, 0.2) is 17.3 Å². The number of rotatable bonds is 5. The Bertz CT molecular complexity index is 1480. The Kier molecular flexibility index (Phi) is 6.79. The van der Waals surface area contributed by atoms with Crippen molar-refractivity contribution in [1.82, 2.24) is 14.9 Å². The van der Waals surface area contributed by atoms with Crippen LogP contribution in [0, 0.1) is 23.4 Å². The molecule has 1 aromatic carbocycles. The first-order chi connectivity index (χ1) is 18.3. The van der Waals surface area contributed by atoms with Gasteiger partial charge in [-0.3, -0.25) is 14.2 Å². The predicted molar refractivity (Wildman–Crippen MR) is 126 cm³/mol. The summed E-state index contributed by atoms with van der Waals surface area (Å²) in [6.45, 7) is 0.185. The zero-order valence-corrected chi connectivity index (χ0v) is 20.1. The number of hydrogen-bond acceptors (Lipinski definition) is 6. The molecule has 8 nitrogen and oxygen atoms in total. The van der Waals surface area contributed by atoms with Crippen LogP contribution in [0.3, 0.4) is 0 Å². The van der Waals surface area contributed by atoms with E-state index in [1.165, 1.54) is 12.1 Å². The van der Waals surface area contributed by atoms with Crippen LogP contribution in [-0.2, 0) is 0 Å². The van der Waals surface area contributed by atoms with Gasteiger partial charge in [0.25, 0.3) is 5.91 Å². The van der Waals surface area contributed by atoms with Crippen molar-refractivity contribution < 1.29 is 41.4 Å². The van der Waals surface area contributed by atoms with Gasteiger partial charge in [-0.25, -0.2) is 18.2 Å². The fraction of sp³-hybridized carbons (Fsp3) is 0.400. The summed E-state index contributed by atoms with van der Waals surface area (Å²) in [7, 11) is 0. The van der Waals surface area contributed by atoms with Crippen LogP contribution in [0.2, 0.25) is 0 Å². The topological polar surface area (TPSA) is 108 Å². The summed E-state index contributed by atoms with van der Waals surface area (Å²) in [5, 5.41) is 21.3. The summed E-state index contributed by atoms with van der Waals surface area (Å²) in [6, 6.07) is 1.03. The number of benzene rings is 1. The molecule has 1 amide bonds. The van der Waals surface area contributed by atoms with E-state index in [2.05, 4.69) is 4.98 Å². The molecule has 0 bridgehead atoms. The normalized spacial score (nSPS) is 20.8. The van der Waals surface area contributed by atoms with Crippen molar-refractivity contribution in [3.8, 4) is 5.69 Å². The fourth-order valence-corrected chi connectivity index (χ4v) is 4.71. The molecule has 39 heavy (non-hydrogen) atoms. The first-order valence-electron chi connectivity index (χ1n) is 12.0. The molecule has 3 N–H and O–H groups in total. The zero-order valence-electron chi connectivity index (χ0n) is 20.1. The van der Waals surface area contributed by atoms with Crippen LogP contribution in [0.1, 0.15) is 29.6 Å². The van der Waals surface area contributed by atoms with E-state index < -0.39 is 70.4 Å². The van der Waals surface area contributed by atoms with Gasteiger partial charge in [-0.1, -0.05) is 0 Å². The van der Waals surface area contributed by atoms with Crippen molar-refractivity contribution in [2.24, 2.45) is 5.92 Å². The lowest BCUT2D eigenvalue weighted by Gasteiger charge is -2.34. The number of anilines is 1. The number of nitrogens with zero attached hydrogens (tertiary/aromatic N) is 3. The summed E-state index contributed by atoms with van der Waals surface area (Å²) >= 11 is 0. The highest BCUT2D eigenvalue weighted by molar-refractivity contribution is 5.97. The van der Waals surface area contributed by atoms with Gasteiger partial charge in [-0.05, 0) is 37.3 Å². The monoisotopic (exact) mass is 556 g/mol. The molecule has 1 saturated carbocycles. The van der Waals surface area contributed by atoms with Crippen LogP contribution < -0.4 is 15.6 Å². The van der Waals surface area contributed by atoms with Crippen molar-refractivity contribution in [3.63, 3.8) is 0 Å². The van der Waals surface area contributed by atoms with E-state index in [1.807, 2.05) is 5.32 Å². The first kappa shape index (κ1) is 26.9. The quantitative estimate of drug-likeness (QED) is 0.418. The number of halogens is 6. The van der Waals surface area contributed by atoms with Crippen molar-refractivity contribution in [2.45, 2.75) is 43.7 Å². The average molecular weight is 556 g/mol. The maximum Gasteiger partial charge on any atom is 0.408 e. The third kappa shape index (κ3) is 5.17. The Balaban J connectivity index is 1.67. The molecular formula is C25H22F6N4O4. The van der Waals surface area contributed by atoms with Gasteiger partial charge >= 0.3 is 6.18 Å². The van der Waals surface area contributed by atoms with Crippen LogP contribution >= 0.6 is 0 Å². The van der Waals surface area contributed by atoms with E-state index in [-0.39, 0.29) is 49.2 Å². The Hall–Kier alpha value is -3.65. The van der Waals surface area contributed by atoms with Gasteiger partial charge < -0.3 is 20.4 Å². The lowest BCUT2D eigenvalue weighted by molar-refractivity contribution is -0.158. The number of fused-ring (bicyclic) bond motifs is 1. The highest BCUT2D eigenvalue weighted by atomic mass is 19.4. The van der Waals surface area contributed by atoms with Gasteiger partial charge in [0, 0.05) is 31.4 Å². The largest absolute Gasteiger partial charge is 0.408 e. The Labute approximate surface area is 216 Å². The highest BCUT2D eigenvalue weighted by Gasteiger charge is 2.50. The molecule has 2 fully saturated rings. The maximum absolute atomic E-state index is 14.9. The number of aromatic nitrogens is 2. The number of hydrogen-bond donors (Lipinski definition) is 3. The number of aliphatic hydroxyl groups excluding tert-OH is 2. The molecule has 2 aromatic heterocycles. The fourth-order valence-electron chi connectivity index (χ4n) is 4.71. The average Bonchev–Trinajstić information content (AvgIpc) is 3.69. The second kappa shape index (κ2) is 9.83.